The van der Waals surface area contributed by atoms with Gasteiger partial charge in [-0.3, -0.25) is 9.78 Å². The predicted octanol–water partition coefficient (Wildman–Crippen LogP) is 8.37. The highest BCUT2D eigenvalue weighted by Gasteiger charge is 2.19. The van der Waals surface area contributed by atoms with Crippen LogP contribution in [0.3, 0.4) is 0 Å². The summed E-state index contributed by atoms with van der Waals surface area (Å²) in [7, 11) is 0. The molecule has 1 amide bonds. The largest absolute Gasteiger partial charge is 0.384 e. The molecule has 0 fully saturated rings. The summed E-state index contributed by atoms with van der Waals surface area (Å²) in [6, 6.07) is 14.6. The van der Waals surface area contributed by atoms with Gasteiger partial charge in [-0.05, 0) is 68.2 Å². The number of aryl methyl sites for hydroxylation is 3. The Balaban J connectivity index is 0.997. The number of carbonyl (C=O) groups is 1. The monoisotopic (exact) mass is 558 g/mol. The Morgan fingerprint density at radius 3 is 2.45 bits per heavy atom. The van der Waals surface area contributed by atoms with E-state index < -0.39 is 0 Å². The Kier molecular flexibility index (Phi) is 9.99. The van der Waals surface area contributed by atoms with E-state index in [1.54, 1.807) is 0 Å². The fourth-order valence-electron chi connectivity index (χ4n) is 6.26. The number of fused-ring (bicyclic) bond motifs is 3. The van der Waals surface area contributed by atoms with Crippen molar-refractivity contribution in [1.82, 2.24) is 9.55 Å². The SMILES string of the molecule is NC(=O)CCc1cn(CCCCCCCCCCNc2c3c(nc4c(Cl)cccc24)CCCC3)c2ccccc12. The Morgan fingerprint density at radius 2 is 1.62 bits per heavy atom. The van der Waals surface area contributed by atoms with E-state index in [2.05, 4.69) is 46.4 Å². The van der Waals surface area contributed by atoms with E-state index in [0.717, 1.165) is 36.5 Å². The Labute approximate surface area is 243 Å². The summed E-state index contributed by atoms with van der Waals surface area (Å²) in [5.74, 6) is -0.237. The van der Waals surface area contributed by atoms with Crippen LogP contribution in [0.15, 0.2) is 48.7 Å². The zero-order valence-corrected chi connectivity index (χ0v) is 24.4. The number of nitrogens with one attached hydrogen (secondary N) is 1. The Morgan fingerprint density at radius 1 is 0.900 bits per heavy atom. The topological polar surface area (TPSA) is 72.9 Å². The maximum absolute atomic E-state index is 11.3. The summed E-state index contributed by atoms with van der Waals surface area (Å²) >= 11 is 6.51. The first-order valence-electron chi connectivity index (χ1n) is 15.3. The molecule has 3 N–H and O–H groups in total. The second-order valence-corrected chi connectivity index (χ2v) is 11.7. The number of halogens is 1. The molecule has 0 aliphatic heterocycles. The van der Waals surface area contributed by atoms with Gasteiger partial charge in [0.05, 0.1) is 10.5 Å². The Bertz CT molecular complexity index is 1440. The number of benzene rings is 2. The molecule has 0 bridgehead atoms. The molecule has 5 rings (SSSR count). The van der Waals surface area contributed by atoms with Gasteiger partial charge in [-0.25, -0.2) is 0 Å². The molecule has 4 aromatic rings. The third kappa shape index (κ3) is 6.98. The van der Waals surface area contributed by atoms with E-state index in [9.17, 15) is 4.79 Å². The number of hydrogen-bond acceptors (Lipinski definition) is 3. The molecule has 0 atom stereocenters. The van der Waals surface area contributed by atoms with E-state index in [1.165, 1.54) is 103 Å². The number of nitrogens with zero attached hydrogens (tertiary/aromatic N) is 2. The third-order valence-corrected chi connectivity index (χ3v) is 8.69. The van der Waals surface area contributed by atoms with Gasteiger partial charge >= 0.3 is 0 Å². The minimum Gasteiger partial charge on any atom is -0.384 e. The van der Waals surface area contributed by atoms with E-state index in [4.69, 9.17) is 22.3 Å². The first kappa shape index (κ1) is 28.5. The number of nitrogens with two attached hydrogens (primary N) is 1. The first-order chi connectivity index (χ1) is 19.6. The molecule has 1 aliphatic carbocycles. The Hall–Kier alpha value is -3.05. The first-order valence-corrected chi connectivity index (χ1v) is 15.7. The van der Waals surface area contributed by atoms with Crippen LogP contribution in [0.25, 0.3) is 21.8 Å². The lowest BCUT2D eigenvalue weighted by atomic mass is 9.92. The molecule has 2 aromatic carbocycles. The molecule has 0 saturated heterocycles. The zero-order chi connectivity index (χ0) is 27.7. The van der Waals surface area contributed by atoms with Crippen molar-refractivity contribution in [1.29, 1.82) is 0 Å². The van der Waals surface area contributed by atoms with Gasteiger partial charge in [0.1, 0.15) is 0 Å². The summed E-state index contributed by atoms with van der Waals surface area (Å²) in [5, 5.41) is 6.95. The molecule has 2 aromatic heterocycles. The number of pyridine rings is 1. The van der Waals surface area contributed by atoms with Crippen LogP contribution in [-0.4, -0.2) is 22.0 Å². The molecule has 40 heavy (non-hydrogen) atoms. The second kappa shape index (κ2) is 14.0. The molecule has 0 saturated carbocycles. The average molecular weight is 559 g/mol. The van der Waals surface area contributed by atoms with Crippen LogP contribution in [-0.2, 0) is 30.6 Å². The van der Waals surface area contributed by atoms with E-state index in [0.29, 0.717) is 12.8 Å². The van der Waals surface area contributed by atoms with Crippen molar-refractivity contribution in [3.8, 4) is 0 Å². The summed E-state index contributed by atoms with van der Waals surface area (Å²) in [6.07, 6.45) is 18.1. The summed E-state index contributed by atoms with van der Waals surface area (Å²) in [5.41, 5.74) is 12.7. The molecule has 1 aliphatic rings. The van der Waals surface area contributed by atoms with Crippen molar-refractivity contribution in [2.75, 3.05) is 11.9 Å². The predicted molar refractivity (Wildman–Crippen MR) is 168 cm³/mol. The smallest absolute Gasteiger partial charge is 0.217 e. The average Bonchev–Trinajstić information content (AvgIpc) is 3.32. The van der Waals surface area contributed by atoms with Gasteiger partial charge < -0.3 is 15.6 Å². The second-order valence-electron chi connectivity index (χ2n) is 11.3. The molecular formula is C34H43ClN4O. The highest BCUT2D eigenvalue weighted by molar-refractivity contribution is 6.35. The van der Waals surface area contributed by atoms with Gasteiger partial charge in [-0.15, -0.1) is 0 Å². The molecule has 212 valence electrons. The molecule has 0 unspecified atom stereocenters. The molecule has 0 radical (unpaired) electrons. The summed E-state index contributed by atoms with van der Waals surface area (Å²) in [6.45, 7) is 2.03. The van der Waals surface area contributed by atoms with E-state index in [-0.39, 0.29) is 5.91 Å². The number of carbonyl (C=O) groups excluding carboxylic acids is 1. The van der Waals surface area contributed by atoms with Gasteiger partial charge in [-0.1, -0.05) is 80.5 Å². The van der Waals surface area contributed by atoms with Crippen molar-refractivity contribution in [3.63, 3.8) is 0 Å². The number of rotatable bonds is 15. The number of unbranched alkanes of at least 4 members (excludes halogenated alkanes) is 7. The van der Waals surface area contributed by atoms with Gasteiger partial charge in [0.15, 0.2) is 0 Å². The van der Waals surface area contributed by atoms with Crippen molar-refractivity contribution in [2.45, 2.75) is 96.4 Å². The normalized spacial score (nSPS) is 13.1. The van der Waals surface area contributed by atoms with Gasteiger partial charge in [0.25, 0.3) is 0 Å². The standard InChI is InChI=1S/C34H43ClN4O/c35-29-17-13-16-28-33(27-15-7-9-18-30(27)38-34(28)29)37-22-11-5-3-1-2-4-6-12-23-39-24-25(20-21-32(36)40)26-14-8-10-19-31(26)39/h8,10,13-14,16-17,19,24H,1-7,9,11-12,15,18,20-23H2,(H2,36,40)(H,37,38). The van der Waals surface area contributed by atoms with Crippen molar-refractivity contribution < 1.29 is 4.79 Å². The maximum Gasteiger partial charge on any atom is 0.217 e. The summed E-state index contributed by atoms with van der Waals surface area (Å²) < 4.78 is 2.36. The fraction of sp³-hybridized carbons (Fsp3) is 0.471. The zero-order valence-electron chi connectivity index (χ0n) is 23.7. The highest BCUT2D eigenvalue weighted by Crippen LogP contribution is 2.35. The quantitative estimate of drug-likeness (QED) is 0.144. The lowest BCUT2D eigenvalue weighted by Crippen LogP contribution is -2.12. The molecule has 2 heterocycles. The number of amides is 1. The van der Waals surface area contributed by atoms with Crippen LogP contribution < -0.4 is 11.1 Å². The van der Waals surface area contributed by atoms with Crippen molar-refractivity contribution in [3.05, 3.63) is 70.5 Å². The van der Waals surface area contributed by atoms with E-state index >= 15 is 0 Å². The van der Waals surface area contributed by atoms with E-state index in [1.807, 2.05) is 12.1 Å². The van der Waals surface area contributed by atoms with Gasteiger partial charge in [0.2, 0.25) is 5.91 Å². The lowest BCUT2D eigenvalue weighted by Gasteiger charge is -2.22. The van der Waals surface area contributed by atoms with Crippen LogP contribution in [0, 0.1) is 0 Å². The molecule has 6 heteroatoms. The molecule has 0 spiro atoms. The minimum absolute atomic E-state index is 0.237. The van der Waals surface area contributed by atoms with Crippen LogP contribution >= 0.6 is 11.6 Å². The maximum atomic E-state index is 11.3. The van der Waals surface area contributed by atoms with Gasteiger partial charge in [0, 0.05) is 53.4 Å². The minimum atomic E-state index is -0.237. The number of primary amides is 1. The van der Waals surface area contributed by atoms with Crippen LogP contribution in [0.2, 0.25) is 5.02 Å². The van der Waals surface area contributed by atoms with Crippen molar-refractivity contribution >= 4 is 45.0 Å². The third-order valence-electron chi connectivity index (χ3n) is 8.38. The van der Waals surface area contributed by atoms with Gasteiger partial charge in [-0.2, -0.15) is 0 Å². The fourth-order valence-corrected chi connectivity index (χ4v) is 6.48. The number of hydrogen-bond donors (Lipinski definition) is 2. The lowest BCUT2D eigenvalue weighted by molar-refractivity contribution is -0.117. The molecular weight excluding hydrogens is 516 g/mol. The highest BCUT2D eigenvalue weighted by atomic mass is 35.5. The number of anilines is 1. The van der Waals surface area contributed by atoms with Crippen molar-refractivity contribution in [2.24, 2.45) is 5.73 Å². The molecule has 5 nitrogen and oxygen atoms in total. The summed E-state index contributed by atoms with van der Waals surface area (Å²) in [4.78, 5) is 16.2. The van der Waals surface area contributed by atoms with Crippen LogP contribution in [0.1, 0.15) is 87.4 Å². The van der Waals surface area contributed by atoms with Crippen LogP contribution in [0.4, 0.5) is 5.69 Å². The number of para-hydroxylation sites is 2. The van der Waals surface area contributed by atoms with Crippen LogP contribution in [0.5, 0.6) is 0 Å². The number of aromatic nitrogens is 2.